The fraction of sp³-hybridized carbons (Fsp3) is 0.308. The second-order valence-corrected chi connectivity index (χ2v) is 8.47. The maximum atomic E-state index is 13.4. The molecule has 0 spiro atoms. The smallest absolute Gasteiger partial charge is 0.340 e. The molecule has 1 N–H and O–H groups in total. The maximum Gasteiger partial charge on any atom is 0.340 e. The Morgan fingerprint density at radius 1 is 1.09 bits per heavy atom. The average molecular weight is 464 g/mol. The van der Waals surface area contributed by atoms with Gasteiger partial charge in [-0.05, 0) is 36.2 Å². The molecule has 1 saturated heterocycles. The third kappa shape index (κ3) is 4.47. The van der Waals surface area contributed by atoms with Gasteiger partial charge in [0.1, 0.15) is 17.0 Å². The maximum absolute atomic E-state index is 13.4. The predicted molar refractivity (Wildman–Crippen MR) is 126 cm³/mol. The Morgan fingerprint density at radius 3 is 2.62 bits per heavy atom. The Morgan fingerprint density at radius 2 is 1.85 bits per heavy atom. The first-order chi connectivity index (χ1) is 16.5. The van der Waals surface area contributed by atoms with Gasteiger partial charge in [0.05, 0.1) is 31.5 Å². The Labute approximate surface area is 195 Å². The number of morpholine rings is 1. The van der Waals surface area contributed by atoms with Crippen molar-refractivity contribution in [3.05, 3.63) is 70.0 Å². The van der Waals surface area contributed by atoms with Gasteiger partial charge in [0.15, 0.2) is 0 Å². The summed E-state index contributed by atoms with van der Waals surface area (Å²) < 4.78 is 29.9. The molecular weight excluding hydrogens is 439 g/mol. The van der Waals surface area contributed by atoms with Crippen molar-refractivity contribution in [2.24, 2.45) is 0 Å². The standard InChI is InChI=1S/C26H25FN2O5/c1-16-19-12-21-22(17-2-4-18(27)5-3-17)15-33-23(21)14-24(19)34-26(31)20(16)13-25(30)28-6-7-29-8-10-32-11-9-29/h2-5,12,14-15H,6-11,13H2,1H3,(H,28,30). The van der Waals surface area contributed by atoms with E-state index >= 15 is 0 Å². The molecule has 2 aromatic heterocycles. The van der Waals surface area contributed by atoms with Crippen molar-refractivity contribution in [2.45, 2.75) is 13.3 Å². The van der Waals surface area contributed by atoms with Gasteiger partial charge in [0, 0.05) is 48.6 Å². The fourth-order valence-electron chi connectivity index (χ4n) is 4.37. The van der Waals surface area contributed by atoms with Gasteiger partial charge in [-0.1, -0.05) is 12.1 Å². The Kier molecular flexibility index (Phi) is 6.17. The molecule has 3 heterocycles. The van der Waals surface area contributed by atoms with Crippen LogP contribution in [0.5, 0.6) is 0 Å². The molecule has 1 amide bonds. The van der Waals surface area contributed by atoms with Crippen molar-refractivity contribution < 1.29 is 22.8 Å². The van der Waals surface area contributed by atoms with E-state index in [0.717, 1.165) is 41.5 Å². The molecule has 0 aliphatic carbocycles. The number of halogens is 1. The summed E-state index contributed by atoms with van der Waals surface area (Å²) in [6, 6.07) is 9.75. The molecule has 176 valence electrons. The van der Waals surface area contributed by atoms with Gasteiger partial charge < -0.3 is 18.9 Å². The fourth-order valence-corrected chi connectivity index (χ4v) is 4.37. The van der Waals surface area contributed by atoms with Crippen LogP contribution in [0, 0.1) is 12.7 Å². The van der Waals surface area contributed by atoms with E-state index in [1.54, 1.807) is 24.5 Å². The van der Waals surface area contributed by atoms with Gasteiger partial charge in [-0.2, -0.15) is 0 Å². The van der Waals surface area contributed by atoms with E-state index in [-0.39, 0.29) is 18.1 Å². The minimum absolute atomic E-state index is 0.0541. The summed E-state index contributed by atoms with van der Waals surface area (Å²) in [5.41, 5.74) is 3.08. The minimum atomic E-state index is -0.530. The number of benzene rings is 2. The van der Waals surface area contributed by atoms with E-state index < -0.39 is 5.63 Å². The summed E-state index contributed by atoms with van der Waals surface area (Å²) in [5.74, 6) is -0.535. The summed E-state index contributed by atoms with van der Waals surface area (Å²) in [6.45, 7) is 6.19. The number of furan rings is 1. The lowest BCUT2D eigenvalue weighted by Gasteiger charge is -2.26. The highest BCUT2D eigenvalue weighted by Gasteiger charge is 2.18. The molecule has 34 heavy (non-hydrogen) atoms. The van der Waals surface area contributed by atoms with E-state index in [1.165, 1.54) is 12.1 Å². The highest BCUT2D eigenvalue weighted by molar-refractivity contribution is 6.02. The van der Waals surface area contributed by atoms with E-state index in [2.05, 4.69) is 10.2 Å². The van der Waals surface area contributed by atoms with Crippen molar-refractivity contribution >= 4 is 27.8 Å². The van der Waals surface area contributed by atoms with Crippen molar-refractivity contribution in [3.8, 4) is 11.1 Å². The molecule has 0 atom stereocenters. The van der Waals surface area contributed by atoms with Crippen LogP contribution < -0.4 is 10.9 Å². The molecule has 0 saturated carbocycles. The van der Waals surface area contributed by atoms with E-state index in [1.807, 2.05) is 13.0 Å². The molecule has 0 radical (unpaired) electrons. The van der Waals surface area contributed by atoms with Gasteiger partial charge in [0.2, 0.25) is 5.91 Å². The van der Waals surface area contributed by atoms with Gasteiger partial charge in [0.25, 0.3) is 0 Å². The number of aryl methyl sites for hydroxylation is 1. The summed E-state index contributed by atoms with van der Waals surface area (Å²) in [7, 11) is 0. The van der Waals surface area contributed by atoms with Crippen LogP contribution in [0.2, 0.25) is 0 Å². The van der Waals surface area contributed by atoms with Crippen molar-refractivity contribution in [3.63, 3.8) is 0 Å². The zero-order valence-corrected chi connectivity index (χ0v) is 18.9. The first-order valence-electron chi connectivity index (χ1n) is 11.3. The zero-order valence-electron chi connectivity index (χ0n) is 18.9. The van der Waals surface area contributed by atoms with Crippen LogP contribution >= 0.6 is 0 Å². The van der Waals surface area contributed by atoms with E-state index in [9.17, 15) is 14.0 Å². The summed E-state index contributed by atoms with van der Waals surface area (Å²) in [5, 5.41) is 4.44. The number of hydrogen-bond donors (Lipinski definition) is 1. The van der Waals surface area contributed by atoms with Crippen LogP contribution in [0.15, 0.2) is 56.3 Å². The molecule has 0 unspecified atom stereocenters. The molecule has 4 aromatic rings. The molecule has 5 rings (SSSR count). The Bertz CT molecular complexity index is 1400. The van der Waals surface area contributed by atoms with Gasteiger partial charge in [-0.25, -0.2) is 9.18 Å². The molecule has 1 fully saturated rings. The monoisotopic (exact) mass is 464 g/mol. The van der Waals surface area contributed by atoms with Crippen molar-refractivity contribution in [2.75, 3.05) is 39.4 Å². The largest absolute Gasteiger partial charge is 0.464 e. The number of carbonyl (C=O) groups is 1. The number of ether oxygens (including phenoxy) is 1. The molecule has 1 aliphatic rings. The van der Waals surface area contributed by atoms with Gasteiger partial charge in [-0.3, -0.25) is 9.69 Å². The van der Waals surface area contributed by atoms with E-state index in [4.69, 9.17) is 13.6 Å². The zero-order chi connectivity index (χ0) is 23.7. The molecule has 8 heteroatoms. The summed E-state index contributed by atoms with van der Waals surface area (Å²) in [4.78, 5) is 27.5. The number of carbonyl (C=O) groups excluding carboxylic acids is 1. The highest BCUT2D eigenvalue weighted by atomic mass is 19.1. The van der Waals surface area contributed by atoms with Gasteiger partial charge >= 0.3 is 5.63 Å². The topological polar surface area (TPSA) is 84.9 Å². The van der Waals surface area contributed by atoms with Crippen LogP contribution in [-0.4, -0.2) is 50.2 Å². The normalized spacial score (nSPS) is 14.6. The lowest BCUT2D eigenvalue weighted by Crippen LogP contribution is -2.41. The van der Waals surface area contributed by atoms with E-state index in [0.29, 0.717) is 42.1 Å². The summed E-state index contributed by atoms with van der Waals surface area (Å²) >= 11 is 0. The highest BCUT2D eigenvalue weighted by Crippen LogP contribution is 2.34. The minimum Gasteiger partial charge on any atom is -0.464 e. The lowest BCUT2D eigenvalue weighted by atomic mass is 9.99. The van der Waals surface area contributed by atoms with Crippen LogP contribution in [0.3, 0.4) is 0 Å². The van der Waals surface area contributed by atoms with Crippen LogP contribution in [-0.2, 0) is 16.0 Å². The van der Waals surface area contributed by atoms with Crippen molar-refractivity contribution in [1.82, 2.24) is 10.2 Å². The third-order valence-electron chi connectivity index (χ3n) is 6.33. The second kappa shape index (κ2) is 9.40. The van der Waals surface area contributed by atoms with Gasteiger partial charge in [-0.15, -0.1) is 0 Å². The molecule has 0 bridgehead atoms. The van der Waals surface area contributed by atoms with Crippen LogP contribution in [0.4, 0.5) is 4.39 Å². The predicted octanol–water partition coefficient (Wildman–Crippen LogP) is 3.64. The van der Waals surface area contributed by atoms with Crippen molar-refractivity contribution in [1.29, 1.82) is 0 Å². The number of rotatable bonds is 6. The average Bonchev–Trinajstić information content (AvgIpc) is 3.25. The molecule has 2 aromatic carbocycles. The second-order valence-electron chi connectivity index (χ2n) is 8.47. The summed E-state index contributed by atoms with van der Waals surface area (Å²) in [6.07, 6.45) is 1.55. The molecule has 1 aliphatic heterocycles. The number of hydrogen-bond acceptors (Lipinski definition) is 6. The lowest BCUT2D eigenvalue weighted by molar-refractivity contribution is -0.120. The van der Waals surface area contributed by atoms with Crippen LogP contribution in [0.1, 0.15) is 11.1 Å². The quantitative estimate of drug-likeness (QED) is 0.439. The number of nitrogens with zero attached hydrogens (tertiary/aromatic N) is 1. The molecule has 7 nitrogen and oxygen atoms in total. The number of fused-ring (bicyclic) bond motifs is 2. The SMILES string of the molecule is Cc1c(CC(=O)NCCN2CCOCC2)c(=O)oc2cc3occ(-c4ccc(F)cc4)c3cc12. The first kappa shape index (κ1) is 22.3. The number of nitrogens with one attached hydrogen (secondary N) is 1. The first-order valence-corrected chi connectivity index (χ1v) is 11.3. The number of amides is 1. The third-order valence-corrected chi connectivity index (χ3v) is 6.33. The Balaban J connectivity index is 1.40. The van der Waals surface area contributed by atoms with Crippen LogP contribution in [0.25, 0.3) is 33.1 Å². The Hall–Kier alpha value is -3.49. The molecular formula is C26H25FN2O5.